The van der Waals surface area contributed by atoms with Gasteiger partial charge < -0.3 is 4.43 Å². The average Bonchev–Trinajstić information content (AvgIpc) is 2.31. The molecule has 1 atom stereocenters. The lowest BCUT2D eigenvalue weighted by molar-refractivity contribution is 0.211. The minimum atomic E-state index is -1.72. The summed E-state index contributed by atoms with van der Waals surface area (Å²) in [4.78, 5) is 0. The van der Waals surface area contributed by atoms with Crippen LogP contribution in [-0.4, -0.2) is 22.5 Å². The second-order valence-corrected chi connectivity index (χ2v) is 18.3. The molecular formula is C19H38OSi2. The molecule has 0 saturated heterocycles. The van der Waals surface area contributed by atoms with Crippen molar-refractivity contribution in [2.75, 3.05) is 0 Å². The molecule has 3 heteroatoms. The van der Waals surface area contributed by atoms with Crippen molar-refractivity contribution in [1.29, 1.82) is 0 Å². The fourth-order valence-corrected chi connectivity index (χ4v) is 3.58. The molecule has 0 bridgehead atoms. The van der Waals surface area contributed by atoms with E-state index in [-0.39, 0.29) is 11.1 Å². The van der Waals surface area contributed by atoms with Crippen LogP contribution in [0.3, 0.4) is 0 Å². The van der Waals surface area contributed by atoms with Crippen LogP contribution in [0, 0.1) is 11.5 Å². The first-order valence-electron chi connectivity index (χ1n) is 8.76. The molecule has 0 unspecified atom stereocenters. The van der Waals surface area contributed by atoms with Gasteiger partial charge in [-0.1, -0.05) is 72.5 Å². The van der Waals surface area contributed by atoms with Crippen LogP contribution in [0.4, 0.5) is 0 Å². The SMILES string of the molecule is CCCCC[C@@H](/C=C\C#C[Si](C)(C)C)O[Si](C)(C)C(C)(C)C. The zero-order valence-electron chi connectivity index (χ0n) is 16.5. The molecule has 0 fully saturated rings. The van der Waals surface area contributed by atoms with Gasteiger partial charge >= 0.3 is 0 Å². The van der Waals surface area contributed by atoms with E-state index in [9.17, 15) is 0 Å². The minimum absolute atomic E-state index is 0.225. The van der Waals surface area contributed by atoms with Crippen molar-refractivity contribution in [3.63, 3.8) is 0 Å². The highest BCUT2D eigenvalue weighted by molar-refractivity contribution is 6.83. The van der Waals surface area contributed by atoms with Crippen molar-refractivity contribution in [2.24, 2.45) is 0 Å². The molecule has 0 radical (unpaired) electrons. The Morgan fingerprint density at radius 1 is 1.05 bits per heavy atom. The van der Waals surface area contributed by atoms with Crippen molar-refractivity contribution in [1.82, 2.24) is 0 Å². The van der Waals surface area contributed by atoms with E-state index in [2.05, 4.69) is 78.0 Å². The van der Waals surface area contributed by atoms with Crippen molar-refractivity contribution in [3.8, 4) is 11.5 Å². The van der Waals surface area contributed by atoms with Gasteiger partial charge in [0.05, 0.1) is 6.10 Å². The second kappa shape index (κ2) is 9.10. The van der Waals surface area contributed by atoms with Crippen LogP contribution in [0.25, 0.3) is 0 Å². The van der Waals surface area contributed by atoms with Gasteiger partial charge in [0.25, 0.3) is 0 Å². The third kappa shape index (κ3) is 9.66. The summed E-state index contributed by atoms with van der Waals surface area (Å²) in [5.74, 6) is 3.24. The summed E-state index contributed by atoms with van der Waals surface area (Å²) in [6, 6.07) is 0. The molecule has 0 aromatic heterocycles. The molecule has 128 valence electrons. The molecule has 0 N–H and O–H groups in total. The van der Waals surface area contributed by atoms with Gasteiger partial charge in [0.2, 0.25) is 0 Å². The molecule has 0 amide bonds. The zero-order chi connectivity index (χ0) is 17.4. The first-order valence-corrected chi connectivity index (χ1v) is 15.2. The molecule has 0 aliphatic carbocycles. The van der Waals surface area contributed by atoms with Crippen LogP contribution >= 0.6 is 0 Å². The quantitative estimate of drug-likeness (QED) is 0.297. The highest BCUT2D eigenvalue weighted by Gasteiger charge is 2.38. The van der Waals surface area contributed by atoms with Crippen LogP contribution in [0.5, 0.6) is 0 Å². The van der Waals surface area contributed by atoms with Gasteiger partial charge in [-0.25, -0.2) is 0 Å². The summed E-state index contributed by atoms with van der Waals surface area (Å²) in [5.41, 5.74) is 3.40. The highest BCUT2D eigenvalue weighted by atomic mass is 28.4. The molecular weight excluding hydrogens is 300 g/mol. The van der Waals surface area contributed by atoms with E-state index in [0.29, 0.717) is 0 Å². The minimum Gasteiger partial charge on any atom is -0.411 e. The number of hydrogen-bond donors (Lipinski definition) is 0. The highest BCUT2D eigenvalue weighted by Crippen LogP contribution is 2.37. The smallest absolute Gasteiger partial charge is 0.192 e. The van der Waals surface area contributed by atoms with Crippen molar-refractivity contribution in [2.45, 2.75) is 97.3 Å². The monoisotopic (exact) mass is 338 g/mol. The summed E-state index contributed by atoms with van der Waals surface area (Å²) in [6.45, 7) is 20.7. The van der Waals surface area contributed by atoms with E-state index in [1.807, 2.05) is 6.08 Å². The van der Waals surface area contributed by atoms with Gasteiger partial charge in [-0.3, -0.25) is 0 Å². The Hall–Kier alpha value is -0.306. The van der Waals surface area contributed by atoms with Crippen LogP contribution < -0.4 is 0 Å². The van der Waals surface area contributed by atoms with Gasteiger partial charge in [0.1, 0.15) is 8.07 Å². The van der Waals surface area contributed by atoms with E-state index < -0.39 is 16.4 Å². The second-order valence-electron chi connectivity index (χ2n) is 8.79. The fourth-order valence-electron chi connectivity index (χ4n) is 1.76. The number of rotatable bonds is 7. The summed E-state index contributed by atoms with van der Waals surface area (Å²) >= 11 is 0. The molecule has 1 nitrogen and oxygen atoms in total. The first kappa shape index (κ1) is 21.7. The predicted octanol–water partition coefficient (Wildman–Crippen LogP) is 6.39. The van der Waals surface area contributed by atoms with E-state index in [0.717, 1.165) is 6.42 Å². The average molecular weight is 339 g/mol. The molecule has 0 aromatic carbocycles. The molecule has 22 heavy (non-hydrogen) atoms. The van der Waals surface area contributed by atoms with E-state index in [1.165, 1.54) is 19.3 Å². The summed E-state index contributed by atoms with van der Waals surface area (Å²) in [5, 5.41) is 0.258. The number of allylic oxidation sites excluding steroid dienone is 1. The van der Waals surface area contributed by atoms with Crippen LogP contribution in [0.1, 0.15) is 53.4 Å². The Bertz CT molecular complexity index is 400. The third-order valence-electron chi connectivity index (χ3n) is 4.19. The van der Waals surface area contributed by atoms with Gasteiger partial charge in [0.15, 0.2) is 8.32 Å². The maximum Gasteiger partial charge on any atom is 0.192 e. The van der Waals surface area contributed by atoms with Crippen LogP contribution in [0.2, 0.25) is 37.8 Å². The van der Waals surface area contributed by atoms with Gasteiger partial charge in [-0.15, -0.1) is 5.54 Å². The molecule has 0 rings (SSSR count). The van der Waals surface area contributed by atoms with Gasteiger partial charge in [0, 0.05) is 0 Å². The fraction of sp³-hybridized carbons (Fsp3) is 0.789. The summed E-state index contributed by atoms with van der Waals surface area (Å²) < 4.78 is 6.58. The Labute approximate surface area is 142 Å². The molecule has 0 aliphatic heterocycles. The maximum absolute atomic E-state index is 6.58. The van der Waals surface area contributed by atoms with E-state index in [1.54, 1.807) is 0 Å². The van der Waals surface area contributed by atoms with Crippen molar-refractivity contribution >= 4 is 16.4 Å². The molecule has 0 aliphatic rings. The summed E-state index contributed by atoms with van der Waals surface area (Å²) in [6.07, 6.45) is 9.35. The Balaban J connectivity index is 4.89. The number of unbranched alkanes of at least 4 members (excludes halogenated alkanes) is 2. The van der Waals surface area contributed by atoms with E-state index in [4.69, 9.17) is 4.43 Å². The Morgan fingerprint density at radius 2 is 1.64 bits per heavy atom. The Morgan fingerprint density at radius 3 is 2.09 bits per heavy atom. The number of hydrogen-bond acceptors (Lipinski definition) is 1. The van der Waals surface area contributed by atoms with E-state index >= 15 is 0 Å². The lowest BCUT2D eigenvalue weighted by Gasteiger charge is -2.38. The normalized spacial score (nSPS) is 14.8. The maximum atomic E-state index is 6.58. The zero-order valence-corrected chi connectivity index (χ0v) is 18.5. The predicted molar refractivity (Wildman–Crippen MR) is 106 cm³/mol. The van der Waals surface area contributed by atoms with Gasteiger partial charge in [-0.2, -0.15) is 0 Å². The van der Waals surface area contributed by atoms with Crippen LogP contribution in [-0.2, 0) is 4.43 Å². The molecule has 0 heterocycles. The molecule has 0 aromatic rings. The lowest BCUT2D eigenvalue weighted by Crippen LogP contribution is -2.43. The summed E-state index contributed by atoms with van der Waals surface area (Å²) in [7, 11) is -3.00. The standard InChI is InChI=1S/C19H38OSi2/c1-10-11-12-15-18(16-13-14-17-21(5,6)7)20-22(8,9)19(2,3)4/h13,16,18H,10-12,15H2,1-9H3/b16-13-/t18-/m0/s1. The largest absolute Gasteiger partial charge is 0.411 e. The van der Waals surface area contributed by atoms with Gasteiger partial charge in [-0.05, 0) is 36.7 Å². The van der Waals surface area contributed by atoms with Crippen molar-refractivity contribution in [3.05, 3.63) is 12.2 Å². The topological polar surface area (TPSA) is 9.23 Å². The van der Waals surface area contributed by atoms with Crippen LogP contribution in [0.15, 0.2) is 12.2 Å². The molecule has 0 spiro atoms. The lowest BCUT2D eigenvalue weighted by atomic mass is 10.1. The third-order valence-corrected chi connectivity index (χ3v) is 9.58. The first-order chi connectivity index (χ1) is 9.89. The van der Waals surface area contributed by atoms with Crippen molar-refractivity contribution < 1.29 is 4.43 Å². The Kier molecular flexibility index (Phi) is 8.98. The molecule has 0 saturated carbocycles.